The van der Waals surface area contributed by atoms with Crippen LogP contribution in [0.4, 0.5) is 5.82 Å². The molecule has 0 aliphatic carbocycles. The average Bonchev–Trinajstić information content (AvgIpc) is 2.30. The Morgan fingerprint density at radius 3 is 2.69 bits per heavy atom. The molecule has 0 aliphatic heterocycles. The van der Waals surface area contributed by atoms with Gasteiger partial charge in [0, 0.05) is 0 Å². The van der Waals surface area contributed by atoms with Crippen LogP contribution in [0, 0.1) is 6.92 Å². The van der Waals surface area contributed by atoms with E-state index in [1.807, 2.05) is 0 Å². The summed E-state index contributed by atoms with van der Waals surface area (Å²) in [6.45, 7) is 3.78. The summed E-state index contributed by atoms with van der Waals surface area (Å²) in [4.78, 5) is 17.7. The van der Waals surface area contributed by atoms with Crippen molar-refractivity contribution >= 4 is 24.2 Å². The lowest BCUT2D eigenvalue weighted by Gasteiger charge is -1.97. The number of nitrogens with two attached hydrogens (primary N) is 1. The molecule has 0 unspecified atom stereocenters. The number of rotatable bonds is 2. The van der Waals surface area contributed by atoms with Gasteiger partial charge >= 0.3 is 5.97 Å². The quantitative estimate of drug-likeness (QED) is 0.703. The number of aryl methyl sites for hydroxylation is 1. The summed E-state index contributed by atoms with van der Waals surface area (Å²) in [5, 5.41) is 0. The number of nitrogen functional groups attached to an aromatic ring is 1. The predicted octanol–water partition coefficient (Wildman–Crippen LogP) is 0.899. The Hall–Kier alpha value is -1.23. The molecule has 6 heteroatoms. The van der Waals surface area contributed by atoms with Crippen molar-refractivity contribution in [2.24, 2.45) is 0 Å². The van der Waals surface area contributed by atoms with Crippen molar-refractivity contribution in [2.45, 2.75) is 13.8 Å². The number of hydrogen-bond donors (Lipinski definition) is 2. The minimum Gasteiger partial charge on any atom is -0.461 e. The third-order valence-corrected chi connectivity index (χ3v) is 1.33. The lowest BCUT2D eigenvalue weighted by molar-refractivity contribution is 0.0521. The number of nitrogens with one attached hydrogen (secondary N) is 1. The average molecular weight is 206 g/mol. The second-order valence-corrected chi connectivity index (χ2v) is 2.30. The second kappa shape index (κ2) is 4.71. The number of halogens is 1. The largest absolute Gasteiger partial charge is 0.461 e. The van der Waals surface area contributed by atoms with E-state index in [1.54, 1.807) is 13.8 Å². The first-order valence-electron chi connectivity index (χ1n) is 3.64. The topological polar surface area (TPSA) is 81.0 Å². The van der Waals surface area contributed by atoms with Crippen molar-refractivity contribution in [3.8, 4) is 0 Å². The highest BCUT2D eigenvalue weighted by Crippen LogP contribution is 2.08. The molecule has 1 heterocycles. The van der Waals surface area contributed by atoms with Crippen LogP contribution in [0.2, 0.25) is 0 Å². The highest BCUT2D eigenvalue weighted by atomic mass is 35.5. The van der Waals surface area contributed by atoms with Crippen LogP contribution >= 0.6 is 12.4 Å². The summed E-state index contributed by atoms with van der Waals surface area (Å²) in [5.41, 5.74) is 5.66. The maximum atomic E-state index is 11.1. The van der Waals surface area contributed by atoms with Gasteiger partial charge in [-0.3, -0.25) is 0 Å². The molecule has 1 aromatic heterocycles. The van der Waals surface area contributed by atoms with Crippen LogP contribution in [0.3, 0.4) is 0 Å². The van der Waals surface area contributed by atoms with E-state index in [4.69, 9.17) is 10.5 Å². The van der Waals surface area contributed by atoms with Crippen molar-refractivity contribution < 1.29 is 9.53 Å². The zero-order valence-electron chi connectivity index (χ0n) is 7.46. The van der Waals surface area contributed by atoms with Crippen molar-refractivity contribution in [1.82, 2.24) is 9.97 Å². The van der Waals surface area contributed by atoms with Gasteiger partial charge < -0.3 is 15.5 Å². The van der Waals surface area contributed by atoms with Crippen LogP contribution in [-0.2, 0) is 4.74 Å². The number of imidazole rings is 1. The first-order valence-corrected chi connectivity index (χ1v) is 3.64. The SMILES string of the molecule is CCOC(=O)c1[nH]c(C)nc1N.Cl. The lowest BCUT2D eigenvalue weighted by Crippen LogP contribution is -2.07. The van der Waals surface area contributed by atoms with E-state index in [0.29, 0.717) is 12.4 Å². The number of aromatic amines is 1. The fourth-order valence-electron chi connectivity index (χ4n) is 0.868. The van der Waals surface area contributed by atoms with Gasteiger partial charge in [-0.1, -0.05) is 0 Å². The van der Waals surface area contributed by atoms with Crippen molar-refractivity contribution in [3.63, 3.8) is 0 Å². The minimum atomic E-state index is -0.462. The molecule has 0 saturated heterocycles. The van der Waals surface area contributed by atoms with Crippen LogP contribution in [0.15, 0.2) is 0 Å². The van der Waals surface area contributed by atoms with Crippen LogP contribution in [0.25, 0.3) is 0 Å². The molecule has 0 radical (unpaired) electrons. The molecule has 3 N–H and O–H groups in total. The number of hydrogen-bond acceptors (Lipinski definition) is 4. The summed E-state index contributed by atoms with van der Waals surface area (Å²) in [6, 6.07) is 0. The Morgan fingerprint density at radius 1 is 1.69 bits per heavy atom. The number of carbonyl (C=O) groups excluding carboxylic acids is 1. The van der Waals surface area contributed by atoms with Crippen molar-refractivity contribution in [3.05, 3.63) is 11.5 Å². The molecular formula is C7H12ClN3O2. The number of esters is 1. The van der Waals surface area contributed by atoms with Crippen LogP contribution in [0.1, 0.15) is 23.2 Å². The smallest absolute Gasteiger partial charge is 0.358 e. The first-order chi connectivity index (χ1) is 5.65. The first kappa shape index (κ1) is 11.8. The Kier molecular flexibility index (Phi) is 4.27. The van der Waals surface area contributed by atoms with E-state index in [0.717, 1.165) is 0 Å². The number of nitrogens with zero attached hydrogens (tertiary/aromatic N) is 1. The zero-order valence-corrected chi connectivity index (χ0v) is 8.27. The van der Waals surface area contributed by atoms with E-state index >= 15 is 0 Å². The normalized spacial score (nSPS) is 9.08. The number of H-pyrrole nitrogens is 1. The fraction of sp³-hybridized carbons (Fsp3) is 0.429. The number of ether oxygens (including phenoxy) is 1. The summed E-state index contributed by atoms with van der Waals surface area (Å²) >= 11 is 0. The lowest BCUT2D eigenvalue weighted by atomic mass is 10.4. The molecule has 0 atom stereocenters. The van der Waals surface area contributed by atoms with Crippen LogP contribution < -0.4 is 5.73 Å². The van der Waals surface area contributed by atoms with Gasteiger partial charge in [0.05, 0.1) is 6.61 Å². The van der Waals surface area contributed by atoms with Crippen LogP contribution in [0.5, 0.6) is 0 Å². The fourth-order valence-corrected chi connectivity index (χ4v) is 0.868. The molecule has 5 nitrogen and oxygen atoms in total. The molecular weight excluding hydrogens is 194 g/mol. The molecule has 0 aliphatic rings. The van der Waals surface area contributed by atoms with Gasteiger partial charge in [-0.2, -0.15) is 0 Å². The summed E-state index contributed by atoms with van der Waals surface area (Å²) in [5.74, 6) is 0.331. The van der Waals surface area contributed by atoms with E-state index in [2.05, 4.69) is 9.97 Å². The highest BCUT2D eigenvalue weighted by Gasteiger charge is 2.13. The van der Waals surface area contributed by atoms with E-state index in [-0.39, 0.29) is 23.9 Å². The monoisotopic (exact) mass is 205 g/mol. The Bertz CT molecular complexity index is 298. The molecule has 74 valence electrons. The molecule has 1 aromatic rings. The van der Waals surface area contributed by atoms with Gasteiger partial charge in [0.15, 0.2) is 11.5 Å². The van der Waals surface area contributed by atoms with Crippen LogP contribution in [-0.4, -0.2) is 22.5 Å². The summed E-state index contributed by atoms with van der Waals surface area (Å²) in [6.07, 6.45) is 0. The Labute approximate surface area is 82.1 Å². The maximum absolute atomic E-state index is 11.1. The van der Waals surface area contributed by atoms with Gasteiger partial charge in [0.2, 0.25) is 0 Å². The van der Waals surface area contributed by atoms with Gasteiger partial charge in [-0.15, -0.1) is 12.4 Å². The van der Waals surface area contributed by atoms with E-state index in [9.17, 15) is 4.79 Å². The Balaban J connectivity index is 0.00000144. The third kappa shape index (κ3) is 2.62. The maximum Gasteiger partial charge on any atom is 0.358 e. The zero-order chi connectivity index (χ0) is 9.14. The molecule has 0 spiro atoms. The number of aromatic nitrogens is 2. The molecule has 0 aromatic carbocycles. The molecule has 0 fully saturated rings. The minimum absolute atomic E-state index is 0. The third-order valence-electron chi connectivity index (χ3n) is 1.33. The molecule has 0 amide bonds. The summed E-state index contributed by atoms with van der Waals surface area (Å²) < 4.78 is 4.73. The van der Waals surface area contributed by atoms with Gasteiger partial charge in [0.1, 0.15) is 5.82 Å². The number of anilines is 1. The van der Waals surface area contributed by atoms with Gasteiger partial charge in [0.25, 0.3) is 0 Å². The standard InChI is InChI=1S/C7H11N3O2.ClH/c1-3-12-7(11)5-6(8)10-4(2)9-5;/h3,8H2,1-2H3,(H,9,10);1H. The second-order valence-electron chi connectivity index (χ2n) is 2.30. The molecule has 0 bridgehead atoms. The number of carbonyl (C=O) groups is 1. The van der Waals surface area contributed by atoms with E-state index in [1.165, 1.54) is 0 Å². The summed E-state index contributed by atoms with van der Waals surface area (Å²) in [7, 11) is 0. The molecule has 0 saturated carbocycles. The highest BCUT2D eigenvalue weighted by molar-refractivity contribution is 5.92. The van der Waals surface area contributed by atoms with Gasteiger partial charge in [-0.05, 0) is 13.8 Å². The van der Waals surface area contributed by atoms with Crippen molar-refractivity contribution in [1.29, 1.82) is 0 Å². The predicted molar refractivity (Wildman–Crippen MR) is 50.9 cm³/mol. The van der Waals surface area contributed by atoms with Gasteiger partial charge in [-0.25, -0.2) is 9.78 Å². The van der Waals surface area contributed by atoms with E-state index < -0.39 is 5.97 Å². The molecule has 1 rings (SSSR count). The van der Waals surface area contributed by atoms with Crippen molar-refractivity contribution in [2.75, 3.05) is 12.3 Å². The molecule has 13 heavy (non-hydrogen) atoms. The Morgan fingerprint density at radius 2 is 2.31 bits per heavy atom.